The number of H-pyrrole nitrogens is 1. The van der Waals surface area contributed by atoms with Crippen LogP contribution in [0.1, 0.15) is 24.8 Å². The Morgan fingerprint density at radius 3 is 2.60 bits per heavy atom. The van der Waals surface area contributed by atoms with Crippen LogP contribution in [0.2, 0.25) is 0 Å². The zero-order chi connectivity index (χ0) is 22.3. The molecule has 2 atom stereocenters. The molecule has 0 bridgehead atoms. The Labute approximate surface area is 169 Å². The minimum atomic E-state index is -4.46. The average Bonchev–Trinajstić information content (AvgIpc) is 3.07. The number of nitrogens with two attached hydrogens (primary N) is 1. The number of nitrogens with one attached hydrogen (secondary N) is 2. The lowest BCUT2D eigenvalue weighted by Gasteiger charge is -2.16. The molecule has 0 aliphatic rings. The minimum Gasteiger partial charge on any atom is -0.480 e. The van der Waals surface area contributed by atoms with Crippen molar-refractivity contribution in [3.05, 3.63) is 36.0 Å². The van der Waals surface area contributed by atoms with Crippen LogP contribution in [0.25, 0.3) is 10.9 Å². The maximum atomic E-state index is 12.1. The average molecular weight is 429 g/mol. The zero-order valence-corrected chi connectivity index (χ0v) is 15.9. The van der Waals surface area contributed by atoms with Crippen LogP contribution in [-0.2, 0) is 25.5 Å². The summed E-state index contributed by atoms with van der Waals surface area (Å²) in [6.07, 6.45) is -4.53. The summed E-state index contributed by atoms with van der Waals surface area (Å²) in [7, 11) is 0. The van der Waals surface area contributed by atoms with E-state index < -0.39 is 49.1 Å². The van der Waals surface area contributed by atoms with Gasteiger partial charge in [-0.15, -0.1) is 0 Å². The third kappa shape index (κ3) is 7.07. The topological polar surface area (TPSA) is 135 Å². The van der Waals surface area contributed by atoms with E-state index >= 15 is 0 Å². The number of carbonyl (C=O) groups excluding carboxylic acids is 2. The first kappa shape index (κ1) is 23.2. The molecule has 1 amide bonds. The quantitative estimate of drug-likeness (QED) is 0.426. The molecule has 1 aromatic heterocycles. The summed E-state index contributed by atoms with van der Waals surface area (Å²) in [5, 5.41) is 12.6. The number of carboxylic acids is 1. The first-order chi connectivity index (χ1) is 14.1. The second-order valence-corrected chi connectivity index (χ2v) is 6.70. The van der Waals surface area contributed by atoms with Crippen LogP contribution in [0.5, 0.6) is 0 Å². The van der Waals surface area contributed by atoms with Gasteiger partial charge in [0, 0.05) is 29.9 Å². The van der Waals surface area contributed by atoms with Crippen LogP contribution in [0, 0.1) is 0 Å². The molecule has 1 aromatic carbocycles. The van der Waals surface area contributed by atoms with Gasteiger partial charge in [-0.2, -0.15) is 13.2 Å². The summed E-state index contributed by atoms with van der Waals surface area (Å²) < 4.78 is 40.6. The zero-order valence-electron chi connectivity index (χ0n) is 15.9. The van der Waals surface area contributed by atoms with Crippen molar-refractivity contribution in [2.24, 2.45) is 5.73 Å². The number of halogens is 3. The fraction of sp³-hybridized carbons (Fsp3) is 0.421. The van der Waals surface area contributed by atoms with Crippen LogP contribution in [0.4, 0.5) is 13.2 Å². The molecule has 2 rings (SSSR count). The number of aliphatic carboxylic acids is 1. The summed E-state index contributed by atoms with van der Waals surface area (Å²) in [6, 6.07) is 4.81. The Bertz CT molecular complexity index is 897. The molecule has 0 radical (unpaired) electrons. The van der Waals surface area contributed by atoms with E-state index in [1.165, 1.54) is 0 Å². The molecule has 0 saturated carbocycles. The highest BCUT2D eigenvalue weighted by Gasteiger charge is 2.28. The molecule has 1 heterocycles. The molecule has 2 aromatic rings. The monoisotopic (exact) mass is 429 g/mol. The fourth-order valence-electron chi connectivity index (χ4n) is 2.77. The highest BCUT2D eigenvalue weighted by molar-refractivity contribution is 5.87. The number of alkyl halides is 3. The Morgan fingerprint density at radius 1 is 1.23 bits per heavy atom. The van der Waals surface area contributed by atoms with Crippen molar-refractivity contribution in [1.82, 2.24) is 10.3 Å². The number of aromatic amines is 1. The van der Waals surface area contributed by atoms with Gasteiger partial charge in [-0.25, -0.2) is 4.79 Å². The number of carboxylic acid groups (broad SMARTS) is 1. The van der Waals surface area contributed by atoms with E-state index in [0.717, 1.165) is 10.9 Å². The lowest BCUT2D eigenvalue weighted by atomic mass is 10.0. The predicted octanol–water partition coefficient (Wildman–Crippen LogP) is 1.88. The van der Waals surface area contributed by atoms with Gasteiger partial charge in [0.25, 0.3) is 0 Å². The SMILES string of the molecule is N[C@H](CCC(=O)N[C@H](Cc1c[nH]c2ccccc12)C(=O)O)C(=O)OCCC(F)(F)F. The summed E-state index contributed by atoms with van der Waals surface area (Å²) in [5.74, 6) is -2.94. The van der Waals surface area contributed by atoms with Crippen LogP contribution in [-0.4, -0.2) is 52.8 Å². The number of benzene rings is 1. The first-order valence-electron chi connectivity index (χ1n) is 9.13. The predicted molar refractivity (Wildman–Crippen MR) is 100 cm³/mol. The van der Waals surface area contributed by atoms with Crippen molar-refractivity contribution in [1.29, 1.82) is 0 Å². The number of amides is 1. The summed E-state index contributed by atoms with van der Waals surface area (Å²) in [5.41, 5.74) is 7.06. The smallest absolute Gasteiger partial charge is 0.392 e. The van der Waals surface area contributed by atoms with Crippen molar-refractivity contribution >= 4 is 28.7 Å². The molecule has 0 aliphatic heterocycles. The normalized spacial score (nSPS) is 13.6. The highest BCUT2D eigenvalue weighted by atomic mass is 19.4. The molecular formula is C19H22F3N3O5. The van der Waals surface area contributed by atoms with Crippen LogP contribution in [0.15, 0.2) is 30.5 Å². The molecule has 0 fully saturated rings. The van der Waals surface area contributed by atoms with Crippen molar-refractivity contribution in [3.63, 3.8) is 0 Å². The van der Waals surface area contributed by atoms with Gasteiger partial charge < -0.3 is 25.9 Å². The van der Waals surface area contributed by atoms with Gasteiger partial charge in [-0.1, -0.05) is 18.2 Å². The van der Waals surface area contributed by atoms with Crippen molar-refractivity contribution < 1.29 is 37.4 Å². The third-order valence-corrected chi connectivity index (χ3v) is 4.35. The number of esters is 1. The number of aromatic nitrogens is 1. The number of hydrogen-bond acceptors (Lipinski definition) is 5. The van der Waals surface area contributed by atoms with E-state index in [1.807, 2.05) is 24.3 Å². The van der Waals surface area contributed by atoms with Gasteiger partial charge in [0.2, 0.25) is 5.91 Å². The number of hydrogen-bond donors (Lipinski definition) is 4. The Hall–Kier alpha value is -3.08. The molecule has 30 heavy (non-hydrogen) atoms. The summed E-state index contributed by atoms with van der Waals surface area (Å²) in [6.45, 7) is -0.853. The molecule has 0 spiro atoms. The largest absolute Gasteiger partial charge is 0.480 e. The van der Waals surface area contributed by atoms with Crippen LogP contribution < -0.4 is 11.1 Å². The first-order valence-corrected chi connectivity index (χ1v) is 9.13. The maximum Gasteiger partial charge on any atom is 0.392 e. The van der Waals surface area contributed by atoms with E-state index in [-0.39, 0.29) is 19.3 Å². The van der Waals surface area contributed by atoms with Gasteiger partial charge in [-0.3, -0.25) is 9.59 Å². The number of carbonyl (C=O) groups is 3. The fourth-order valence-corrected chi connectivity index (χ4v) is 2.77. The Balaban J connectivity index is 1.84. The minimum absolute atomic E-state index is 0.0383. The maximum absolute atomic E-state index is 12.1. The van der Waals surface area contributed by atoms with Crippen LogP contribution >= 0.6 is 0 Å². The van der Waals surface area contributed by atoms with E-state index in [1.54, 1.807) is 6.20 Å². The molecule has 164 valence electrons. The second-order valence-electron chi connectivity index (χ2n) is 6.70. The molecular weight excluding hydrogens is 407 g/mol. The lowest BCUT2D eigenvalue weighted by molar-refractivity contribution is -0.160. The van der Waals surface area contributed by atoms with Crippen LogP contribution in [0.3, 0.4) is 0 Å². The van der Waals surface area contributed by atoms with E-state index in [9.17, 15) is 32.7 Å². The number of rotatable bonds is 10. The van der Waals surface area contributed by atoms with Gasteiger partial charge in [0.05, 0.1) is 13.0 Å². The lowest BCUT2D eigenvalue weighted by Crippen LogP contribution is -2.43. The molecule has 0 unspecified atom stereocenters. The summed E-state index contributed by atoms with van der Waals surface area (Å²) >= 11 is 0. The number of fused-ring (bicyclic) bond motifs is 1. The summed E-state index contributed by atoms with van der Waals surface area (Å²) in [4.78, 5) is 38.2. The van der Waals surface area contributed by atoms with Crippen molar-refractivity contribution in [2.75, 3.05) is 6.61 Å². The van der Waals surface area contributed by atoms with Gasteiger partial charge in [0.1, 0.15) is 12.1 Å². The van der Waals surface area contributed by atoms with Crippen molar-refractivity contribution in [2.45, 2.75) is 43.9 Å². The van der Waals surface area contributed by atoms with E-state index in [2.05, 4.69) is 15.0 Å². The highest BCUT2D eigenvalue weighted by Crippen LogP contribution is 2.20. The van der Waals surface area contributed by atoms with E-state index in [4.69, 9.17) is 5.73 Å². The standard InChI is InChI=1S/C19H22F3N3O5/c20-19(21,22)7-8-30-18(29)13(23)5-6-16(26)25-15(17(27)28)9-11-10-24-14-4-2-1-3-12(11)14/h1-4,10,13,15,24H,5-9,23H2,(H,25,26)(H,27,28)/t13-,15-/m1/s1. The molecule has 5 N–H and O–H groups in total. The Kier molecular flexibility index (Phi) is 7.81. The van der Waals surface area contributed by atoms with E-state index in [0.29, 0.717) is 5.56 Å². The molecule has 8 nitrogen and oxygen atoms in total. The number of ether oxygens (including phenoxy) is 1. The third-order valence-electron chi connectivity index (χ3n) is 4.35. The molecule has 0 saturated heterocycles. The Morgan fingerprint density at radius 2 is 1.93 bits per heavy atom. The van der Waals surface area contributed by atoms with Crippen molar-refractivity contribution in [3.8, 4) is 0 Å². The molecule has 11 heteroatoms. The molecule has 0 aliphatic carbocycles. The van der Waals surface area contributed by atoms with Gasteiger partial charge >= 0.3 is 18.1 Å². The second kappa shape index (κ2) is 10.1. The number of para-hydroxylation sites is 1. The van der Waals surface area contributed by atoms with Gasteiger partial charge in [-0.05, 0) is 18.1 Å². The van der Waals surface area contributed by atoms with Gasteiger partial charge in [0.15, 0.2) is 0 Å².